The Bertz CT molecular complexity index is 1200. The highest BCUT2D eigenvalue weighted by Gasteiger charge is 2.20. The zero-order chi connectivity index (χ0) is 20.5. The molecule has 0 aliphatic heterocycles. The fourth-order valence-corrected chi connectivity index (χ4v) is 4.24. The van der Waals surface area contributed by atoms with Gasteiger partial charge in [0, 0.05) is 22.5 Å². The van der Waals surface area contributed by atoms with Crippen LogP contribution in [-0.2, 0) is 4.79 Å². The predicted octanol–water partition coefficient (Wildman–Crippen LogP) is 6.12. The highest BCUT2D eigenvalue weighted by molar-refractivity contribution is 8.00. The summed E-state index contributed by atoms with van der Waals surface area (Å²) in [6, 6.07) is 16.1. The van der Waals surface area contributed by atoms with Gasteiger partial charge in [-0.05, 0) is 44.0 Å². The van der Waals surface area contributed by atoms with E-state index in [2.05, 4.69) is 28.3 Å². The quantitative estimate of drug-likeness (QED) is 0.287. The molecule has 0 fully saturated rings. The zero-order valence-corrected chi connectivity index (χ0v) is 18.0. The number of nitrogens with zero attached hydrogens (tertiary/aromatic N) is 3. The number of hydrogen-bond acceptors (Lipinski definition) is 4. The standard InChI is InChI=1S/C23H20ClN3OS/c1-14-9-10-18(11-20(14)24)27-12-19(17-7-5-4-6-8-17)21-22(27)25-13-26-23(21)29-16(3)15(2)28/h4-13,16H,1-3H3. The van der Waals surface area contributed by atoms with Crippen molar-refractivity contribution in [2.45, 2.75) is 31.0 Å². The van der Waals surface area contributed by atoms with E-state index in [0.29, 0.717) is 5.02 Å². The van der Waals surface area contributed by atoms with Crippen LogP contribution in [0.15, 0.2) is 66.1 Å². The number of rotatable bonds is 5. The van der Waals surface area contributed by atoms with E-state index in [4.69, 9.17) is 11.6 Å². The number of hydrogen-bond donors (Lipinski definition) is 0. The average molecular weight is 422 g/mol. The number of Topliss-reactive ketones (excluding diaryl/α,β-unsaturated/α-hetero) is 1. The number of halogens is 1. The number of fused-ring (bicyclic) bond motifs is 1. The SMILES string of the molecule is CC(=O)C(C)Sc1ncnc2c1c(-c1ccccc1)cn2-c1ccc(C)c(Cl)c1. The van der Waals surface area contributed by atoms with E-state index in [0.717, 1.165) is 38.4 Å². The Labute approximate surface area is 178 Å². The minimum atomic E-state index is -0.186. The molecule has 0 spiro atoms. The van der Waals surface area contributed by atoms with Gasteiger partial charge in [-0.25, -0.2) is 9.97 Å². The van der Waals surface area contributed by atoms with E-state index in [-0.39, 0.29) is 11.0 Å². The third kappa shape index (κ3) is 3.80. The molecule has 4 rings (SSSR count). The van der Waals surface area contributed by atoms with Gasteiger partial charge in [-0.2, -0.15) is 0 Å². The largest absolute Gasteiger partial charge is 0.301 e. The summed E-state index contributed by atoms with van der Waals surface area (Å²) in [5, 5.41) is 2.26. The topological polar surface area (TPSA) is 47.8 Å². The molecule has 0 amide bonds. The summed E-state index contributed by atoms with van der Waals surface area (Å²) in [6.45, 7) is 5.49. The van der Waals surface area contributed by atoms with Crippen molar-refractivity contribution in [3.05, 3.63) is 71.6 Å². The first-order valence-corrected chi connectivity index (χ1v) is 10.6. The molecule has 0 N–H and O–H groups in total. The van der Waals surface area contributed by atoms with Crippen molar-refractivity contribution in [2.75, 3.05) is 0 Å². The van der Waals surface area contributed by atoms with Crippen LogP contribution in [0.5, 0.6) is 0 Å². The summed E-state index contributed by atoms with van der Waals surface area (Å²) in [7, 11) is 0. The Morgan fingerprint density at radius 3 is 2.59 bits per heavy atom. The van der Waals surface area contributed by atoms with Crippen molar-refractivity contribution in [1.29, 1.82) is 0 Å². The van der Waals surface area contributed by atoms with Crippen LogP contribution in [0.3, 0.4) is 0 Å². The molecule has 29 heavy (non-hydrogen) atoms. The molecule has 1 atom stereocenters. The zero-order valence-electron chi connectivity index (χ0n) is 16.4. The van der Waals surface area contributed by atoms with Gasteiger partial charge >= 0.3 is 0 Å². The number of carbonyl (C=O) groups excluding carboxylic acids is 1. The second kappa shape index (κ2) is 8.01. The summed E-state index contributed by atoms with van der Waals surface area (Å²) >= 11 is 7.85. The van der Waals surface area contributed by atoms with Crippen LogP contribution < -0.4 is 0 Å². The third-order valence-corrected chi connectivity index (χ3v) is 6.55. The lowest BCUT2D eigenvalue weighted by Gasteiger charge is -2.09. The molecule has 4 aromatic rings. The summed E-state index contributed by atoms with van der Waals surface area (Å²) in [6.07, 6.45) is 3.62. The summed E-state index contributed by atoms with van der Waals surface area (Å²) in [4.78, 5) is 20.9. The van der Waals surface area contributed by atoms with Gasteiger partial charge in [0.25, 0.3) is 0 Å². The molecule has 146 valence electrons. The highest BCUT2D eigenvalue weighted by Crippen LogP contribution is 2.38. The second-order valence-electron chi connectivity index (χ2n) is 6.96. The van der Waals surface area contributed by atoms with Gasteiger partial charge < -0.3 is 4.57 Å². The van der Waals surface area contributed by atoms with Gasteiger partial charge in [-0.3, -0.25) is 4.79 Å². The molecule has 0 aliphatic rings. The Morgan fingerprint density at radius 2 is 1.90 bits per heavy atom. The highest BCUT2D eigenvalue weighted by atomic mass is 35.5. The van der Waals surface area contributed by atoms with E-state index < -0.39 is 0 Å². The number of carbonyl (C=O) groups is 1. The smallest absolute Gasteiger partial charge is 0.149 e. The lowest BCUT2D eigenvalue weighted by Crippen LogP contribution is -2.08. The molecule has 0 saturated carbocycles. The van der Waals surface area contributed by atoms with Gasteiger partial charge in [0.2, 0.25) is 0 Å². The molecule has 0 bridgehead atoms. The Kier molecular flexibility index (Phi) is 5.43. The Balaban J connectivity index is 1.99. The first kappa shape index (κ1) is 19.7. The third-order valence-electron chi connectivity index (χ3n) is 4.93. The monoisotopic (exact) mass is 421 g/mol. The molecule has 0 aliphatic carbocycles. The molecule has 4 nitrogen and oxygen atoms in total. The normalized spacial score (nSPS) is 12.3. The van der Waals surface area contributed by atoms with Gasteiger partial charge in [0.15, 0.2) is 0 Å². The van der Waals surface area contributed by atoms with Crippen molar-refractivity contribution in [3.8, 4) is 16.8 Å². The van der Waals surface area contributed by atoms with Crippen molar-refractivity contribution >= 4 is 40.2 Å². The van der Waals surface area contributed by atoms with Crippen molar-refractivity contribution in [1.82, 2.24) is 14.5 Å². The van der Waals surface area contributed by atoms with Crippen LogP contribution in [-0.4, -0.2) is 25.6 Å². The van der Waals surface area contributed by atoms with E-state index in [1.54, 1.807) is 13.3 Å². The van der Waals surface area contributed by atoms with Crippen molar-refractivity contribution in [2.24, 2.45) is 0 Å². The first-order chi connectivity index (χ1) is 14.0. The summed E-state index contributed by atoms with van der Waals surface area (Å²) in [5.74, 6) is 0.118. The van der Waals surface area contributed by atoms with Crippen LogP contribution in [0.1, 0.15) is 19.4 Å². The molecule has 1 unspecified atom stereocenters. The molecular formula is C23H20ClN3OS. The number of thioether (sulfide) groups is 1. The van der Waals surface area contributed by atoms with Gasteiger partial charge in [-0.15, -0.1) is 0 Å². The molecule has 0 saturated heterocycles. The number of aromatic nitrogens is 3. The minimum Gasteiger partial charge on any atom is -0.301 e. The van der Waals surface area contributed by atoms with Gasteiger partial charge in [-0.1, -0.05) is 59.8 Å². The van der Waals surface area contributed by atoms with Gasteiger partial charge in [0.05, 0.1) is 10.6 Å². The van der Waals surface area contributed by atoms with E-state index in [1.807, 2.05) is 54.8 Å². The average Bonchev–Trinajstić information content (AvgIpc) is 3.11. The molecule has 2 aromatic carbocycles. The first-order valence-electron chi connectivity index (χ1n) is 9.31. The van der Waals surface area contributed by atoms with E-state index in [1.165, 1.54) is 11.8 Å². The summed E-state index contributed by atoms with van der Waals surface area (Å²) < 4.78 is 2.03. The van der Waals surface area contributed by atoms with Crippen LogP contribution in [0.4, 0.5) is 0 Å². The predicted molar refractivity (Wildman–Crippen MR) is 120 cm³/mol. The number of aryl methyl sites for hydroxylation is 1. The fraction of sp³-hybridized carbons (Fsp3) is 0.174. The van der Waals surface area contributed by atoms with Gasteiger partial charge in [0.1, 0.15) is 22.8 Å². The molecule has 2 aromatic heterocycles. The Hall–Kier alpha value is -2.63. The maximum Gasteiger partial charge on any atom is 0.149 e. The lowest BCUT2D eigenvalue weighted by atomic mass is 10.1. The molecule has 2 heterocycles. The van der Waals surface area contributed by atoms with Crippen LogP contribution in [0, 0.1) is 6.92 Å². The number of ketones is 1. The molecular weight excluding hydrogens is 402 g/mol. The molecule has 0 radical (unpaired) electrons. The van der Waals surface area contributed by atoms with Crippen LogP contribution >= 0.6 is 23.4 Å². The number of benzene rings is 2. The summed E-state index contributed by atoms with van der Waals surface area (Å²) in [5.41, 5.74) is 4.84. The second-order valence-corrected chi connectivity index (χ2v) is 8.70. The minimum absolute atomic E-state index is 0.118. The Morgan fingerprint density at radius 1 is 1.14 bits per heavy atom. The lowest BCUT2D eigenvalue weighted by molar-refractivity contribution is -0.116. The van der Waals surface area contributed by atoms with Crippen LogP contribution in [0.2, 0.25) is 5.02 Å². The maximum absolute atomic E-state index is 11.9. The van der Waals surface area contributed by atoms with Crippen molar-refractivity contribution < 1.29 is 4.79 Å². The van der Waals surface area contributed by atoms with E-state index >= 15 is 0 Å². The van der Waals surface area contributed by atoms with Crippen molar-refractivity contribution in [3.63, 3.8) is 0 Å². The van der Waals surface area contributed by atoms with Crippen LogP contribution in [0.25, 0.3) is 27.8 Å². The molecule has 6 heteroatoms. The fourth-order valence-electron chi connectivity index (χ4n) is 3.14. The van der Waals surface area contributed by atoms with E-state index in [9.17, 15) is 4.79 Å². The maximum atomic E-state index is 11.9.